The molecule has 2 nitrogen and oxygen atoms in total. The van der Waals surface area contributed by atoms with E-state index in [1.165, 1.54) is 12.8 Å². The maximum atomic E-state index is 3.29. The molecule has 0 saturated carbocycles. The Morgan fingerprint density at radius 1 is 1.38 bits per heavy atom. The number of nitrogens with one attached hydrogen (secondary N) is 2. The van der Waals surface area contributed by atoms with E-state index in [4.69, 9.17) is 0 Å². The lowest BCUT2D eigenvalue weighted by Crippen LogP contribution is -2.35. The maximum Gasteiger partial charge on any atom is 0.0199 e. The van der Waals surface area contributed by atoms with Crippen LogP contribution in [-0.4, -0.2) is 19.1 Å². The summed E-state index contributed by atoms with van der Waals surface area (Å²) in [5.74, 6) is 0. The van der Waals surface area contributed by atoms with E-state index in [1.54, 1.807) is 0 Å². The standard InChI is InChI=1S/C5H11BrN2/c6-8-5-1-3-7-4-2-5/h5,7-8H,1-4H2. The van der Waals surface area contributed by atoms with Gasteiger partial charge in [0.25, 0.3) is 0 Å². The van der Waals surface area contributed by atoms with Crippen LogP contribution in [0, 0.1) is 0 Å². The highest BCUT2D eigenvalue weighted by Crippen LogP contribution is 2.02. The molecule has 8 heavy (non-hydrogen) atoms. The van der Waals surface area contributed by atoms with Gasteiger partial charge in [-0.1, -0.05) is 0 Å². The van der Waals surface area contributed by atoms with Crippen LogP contribution in [-0.2, 0) is 0 Å². The molecule has 1 aliphatic heterocycles. The second-order valence-electron chi connectivity index (χ2n) is 2.13. The van der Waals surface area contributed by atoms with Crippen LogP contribution in [0.3, 0.4) is 0 Å². The van der Waals surface area contributed by atoms with Crippen LogP contribution >= 0.6 is 16.1 Å². The van der Waals surface area contributed by atoms with E-state index in [0.29, 0.717) is 6.04 Å². The molecule has 0 aliphatic carbocycles. The van der Waals surface area contributed by atoms with Gasteiger partial charge in [-0.25, -0.2) is 0 Å². The Morgan fingerprint density at radius 3 is 2.38 bits per heavy atom. The van der Waals surface area contributed by atoms with Crippen LogP contribution in [0.25, 0.3) is 0 Å². The molecular weight excluding hydrogens is 168 g/mol. The molecule has 1 fully saturated rings. The van der Waals surface area contributed by atoms with E-state index in [-0.39, 0.29) is 0 Å². The quantitative estimate of drug-likeness (QED) is 0.577. The minimum Gasteiger partial charge on any atom is -0.317 e. The second-order valence-corrected chi connectivity index (χ2v) is 2.59. The zero-order chi connectivity index (χ0) is 5.82. The summed E-state index contributed by atoms with van der Waals surface area (Å²) in [6.45, 7) is 2.31. The van der Waals surface area contributed by atoms with Gasteiger partial charge in [0, 0.05) is 22.2 Å². The van der Waals surface area contributed by atoms with Crippen molar-refractivity contribution >= 4 is 16.1 Å². The van der Waals surface area contributed by atoms with Crippen molar-refractivity contribution in [3.05, 3.63) is 0 Å². The predicted octanol–water partition coefficient (Wildman–Crippen LogP) is 0.638. The first-order chi connectivity index (χ1) is 3.93. The lowest BCUT2D eigenvalue weighted by molar-refractivity contribution is 0.442. The van der Waals surface area contributed by atoms with Crippen LogP contribution in [0.1, 0.15) is 12.8 Å². The van der Waals surface area contributed by atoms with E-state index < -0.39 is 0 Å². The summed E-state index contributed by atoms with van der Waals surface area (Å²) in [4.78, 5) is 0. The molecule has 1 saturated heterocycles. The average molecular weight is 179 g/mol. The molecule has 0 bridgehead atoms. The van der Waals surface area contributed by atoms with E-state index >= 15 is 0 Å². The fraction of sp³-hybridized carbons (Fsp3) is 1.00. The Bertz CT molecular complexity index is 61.4. The first kappa shape index (κ1) is 6.52. The lowest BCUT2D eigenvalue weighted by atomic mass is 10.1. The normalized spacial score (nSPS) is 23.6. The summed E-state index contributed by atoms with van der Waals surface area (Å²) < 4.78 is 3.08. The first-order valence-corrected chi connectivity index (χ1v) is 3.79. The molecule has 1 rings (SSSR count). The number of piperidine rings is 1. The number of halogens is 1. The summed E-state index contributed by atoms with van der Waals surface area (Å²) in [5, 5.41) is 3.29. The van der Waals surface area contributed by atoms with Crippen molar-refractivity contribution in [2.45, 2.75) is 18.9 Å². The van der Waals surface area contributed by atoms with Crippen molar-refractivity contribution in [2.24, 2.45) is 0 Å². The molecule has 0 unspecified atom stereocenters. The zero-order valence-corrected chi connectivity index (χ0v) is 6.37. The molecule has 2 N–H and O–H groups in total. The third-order valence-electron chi connectivity index (χ3n) is 1.49. The summed E-state index contributed by atoms with van der Waals surface area (Å²) in [6.07, 6.45) is 2.48. The van der Waals surface area contributed by atoms with Gasteiger partial charge in [-0.3, -0.25) is 4.34 Å². The molecule has 0 spiro atoms. The Morgan fingerprint density at radius 2 is 2.00 bits per heavy atom. The van der Waals surface area contributed by atoms with Gasteiger partial charge in [0.1, 0.15) is 0 Å². The fourth-order valence-corrected chi connectivity index (χ4v) is 1.39. The van der Waals surface area contributed by atoms with Gasteiger partial charge in [0.05, 0.1) is 0 Å². The van der Waals surface area contributed by atoms with Gasteiger partial charge in [-0.2, -0.15) is 0 Å². The third-order valence-corrected chi connectivity index (χ3v) is 2.14. The number of rotatable bonds is 1. The molecule has 1 aliphatic rings. The summed E-state index contributed by atoms with van der Waals surface area (Å²) in [6, 6.07) is 0.691. The van der Waals surface area contributed by atoms with Crippen molar-refractivity contribution < 1.29 is 0 Å². The topological polar surface area (TPSA) is 24.1 Å². The van der Waals surface area contributed by atoms with E-state index in [0.717, 1.165) is 13.1 Å². The molecule has 3 heteroatoms. The van der Waals surface area contributed by atoms with Crippen molar-refractivity contribution in [2.75, 3.05) is 13.1 Å². The first-order valence-electron chi connectivity index (χ1n) is 3.00. The molecule has 1 heterocycles. The molecule has 0 atom stereocenters. The lowest BCUT2D eigenvalue weighted by Gasteiger charge is -2.20. The molecular formula is C5H11BrN2. The van der Waals surface area contributed by atoms with Crippen molar-refractivity contribution in [1.29, 1.82) is 0 Å². The second kappa shape index (κ2) is 3.43. The Hall–Kier alpha value is 0.400. The highest BCUT2D eigenvalue weighted by molar-refractivity contribution is 9.08. The van der Waals surface area contributed by atoms with Crippen molar-refractivity contribution in [1.82, 2.24) is 9.66 Å². The summed E-state index contributed by atoms with van der Waals surface area (Å²) in [5.41, 5.74) is 0. The average Bonchev–Trinajstić information content (AvgIpc) is 1.90. The summed E-state index contributed by atoms with van der Waals surface area (Å²) >= 11 is 3.23. The van der Waals surface area contributed by atoms with E-state index in [2.05, 4.69) is 25.8 Å². The zero-order valence-electron chi connectivity index (χ0n) is 4.78. The van der Waals surface area contributed by atoms with Gasteiger partial charge in [-0.05, 0) is 25.9 Å². The molecule has 0 aromatic rings. The summed E-state index contributed by atoms with van der Waals surface area (Å²) in [7, 11) is 0. The van der Waals surface area contributed by atoms with Crippen LogP contribution in [0.15, 0.2) is 0 Å². The Labute approximate surface area is 58.4 Å². The fourth-order valence-electron chi connectivity index (χ4n) is 0.931. The predicted molar refractivity (Wildman–Crippen MR) is 38.0 cm³/mol. The Balaban J connectivity index is 2.13. The molecule has 0 aromatic heterocycles. The van der Waals surface area contributed by atoms with E-state index in [1.807, 2.05) is 0 Å². The van der Waals surface area contributed by atoms with Gasteiger partial charge in [0.15, 0.2) is 0 Å². The number of hydrogen-bond donors (Lipinski definition) is 2. The van der Waals surface area contributed by atoms with Crippen LogP contribution in [0.2, 0.25) is 0 Å². The highest BCUT2D eigenvalue weighted by Gasteiger charge is 2.09. The van der Waals surface area contributed by atoms with Crippen LogP contribution < -0.4 is 9.66 Å². The SMILES string of the molecule is BrNC1CCNCC1. The minimum absolute atomic E-state index is 0.691. The Kier molecular flexibility index (Phi) is 2.80. The molecule has 0 aromatic carbocycles. The smallest absolute Gasteiger partial charge is 0.0199 e. The van der Waals surface area contributed by atoms with Gasteiger partial charge >= 0.3 is 0 Å². The monoisotopic (exact) mass is 178 g/mol. The third kappa shape index (κ3) is 1.73. The molecule has 0 radical (unpaired) electrons. The van der Waals surface area contributed by atoms with Crippen molar-refractivity contribution in [3.8, 4) is 0 Å². The molecule has 0 amide bonds. The number of hydrogen-bond acceptors (Lipinski definition) is 2. The van der Waals surface area contributed by atoms with Gasteiger partial charge in [-0.15, -0.1) is 0 Å². The minimum atomic E-state index is 0.691. The van der Waals surface area contributed by atoms with Crippen LogP contribution in [0.5, 0.6) is 0 Å². The van der Waals surface area contributed by atoms with Gasteiger partial charge in [0.2, 0.25) is 0 Å². The highest BCUT2D eigenvalue weighted by atomic mass is 79.9. The van der Waals surface area contributed by atoms with E-state index in [9.17, 15) is 0 Å². The molecule has 48 valence electrons. The van der Waals surface area contributed by atoms with Gasteiger partial charge < -0.3 is 5.32 Å². The van der Waals surface area contributed by atoms with Crippen LogP contribution in [0.4, 0.5) is 0 Å². The van der Waals surface area contributed by atoms with Crippen molar-refractivity contribution in [3.63, 3.8) is 0 Å². The maximum absolute atomic E-state index is 3.29. The largest absolute Gasteiger partial charge is 0.317 e.